The third kappa shape index (κ3) is 2.41. The molecule has 1 heterocycles. The summed E-state index contributed by atoms with van der Waals surface area (Å²) in [6.07, 6.45) is 0.00277. The second-order valence-electron chi connectivity index (χ2n) is 3.84. The van der Waals surface area contributed by atoms with E-state index in [0.717, 1.165) is 0 Å². The van der Waals surface area contributed by atoms with E-state index in [2.05, 4.69) is 0 Å². The highest BCUT2D eigenvalue weighted by Gasteiger charge is 2.35. The third-order valence-electron chi connectivity index (χ3n) is 2.67. The molecule has 1 unspecified atom stereocenters. The molecule has 0 saturated carbocycles. The lowest BCUT2D eigenvalue weighted by atomic mass is 10.1. The molecule has 1 atom stereocenters. The van der Waals surface area contributed by atoms with Crippen molar-refractivity contribution < 1.29 is 19.1 Å². The number of carboxylic acid groups (broad SMARTS) is 1. The second-order valence-corrected chi connectivity index (χ2v) is 5.00. The van der Waals surface area contributed by atoms with Gasteiger partial charge < -0.3 is 10.0 Å². The summed E-state index contributed by atoms with van der Waals surface area (Å²) in [4.78, 5) is 23.9. The van der Waals surface area contributed by atoms with Crippen LogP contribution in [0.2, 0.25) is 0 Å². The molecule has 1 N–H and O–H groups in total. The van der Waals surface area contributed by atoms with Crippen LogP contribution in [0, 0.1) is 15.3 Å². The summed E-state index contributed by atoms with van der Waals surface area (Å²) in [6, 6.07) is 4.08. The zero-order chi connectivity index (χ0) is 12.6. The number of carboxylic acids is 1. The van der Waals surface area contributed by atoms with Gasteiger partial charge >= 0.3 is 5.97 Å². The number of rotatable bonds is 2. The normalized spacial score (nSPS) is 19.8. The lowest BCUT2D eigenvalue weighted by Gasteiger charge is -2.17. The fourth-order valence-electron chi connectivity index (χ4n) is 1.81. The van der Waals surface area contributed by atoms with Crippen LogP contribution in [0.4, 0.5) is 10.1 Å². The van der Waals surface area contributed by atoms with Gasteiger partial charge in [-0.2, -0.15) is 0 Å². The van der Waals surface area contributed by atoms with Crippen molar-refractivity contribution in [3.05, 3.63) is 27.6 Å². The highest BCUT2D eigenvalue weighted by molar-refractivity contribution is 14.1. The summed E-state index contributed by atoms with van der Waals surface area (Å²) >= 11 is 1.93. The van der Waals surface area contributed by atoms with Crippen LogP contribution in [-0.2, 0) is 9.59 Å². The molecule has 6 heteroatoms. The molecule has 17 heavy (non-hydrogen) atoms. The van der Waals surface area contributed by atoms with Gasteiger partial charge in [-0.3, -0.25) is 9.59 Å². The van der Waals surface area contributed by atoms with Crippen LogP contribution in [0.1, 0.15) is 6.42 Å². The van der Waals surface area contributed by atoms with Crippen LogP contribution >= 0.6 is 22.6 Å². The summed E-state index contributed by atoms with van der Waals surface area (Å²) in [7, 11) is 0. The van der Waals surface area contributed by atoms with Crippen molar-refractivity contribution in [3.63, 3.8) is 0 Å². The molecule has 90 valence electrons. The zero-order valence-electron chi connectivity index (χ0n) is 8.69. The fraction of sp³-hybridized carbons (Fsp3) is 0.273. The Kier molecular flexibility index (Phi) is 3.32. The molecule has 1 aliphatic heterocycles. The van der Waals surface area contributed by atoms with E-state index in [0.29, 0.717) is 9.26 Å². The summed E-state index contributed by atoms with van der Waals surface area (Å²) in [6.45, 7) is 0.149. The minimum absolute atomic E-state index is 0.00277. The molecule has 0 aliphatic carbocycles. The molecule has 2 rings (SSSR count). The fourth-order valence-corrected chi connectivity index (χ4v) is 2.57. The van der Waals surface area contributed by atoms with Gasteiger partial charge in [-0.05, 0) is 40.8 Å². The second kappa shape index (κ2) is 4.59. The largest absolute Gasteiger partial charge is 0.481 e. The Morgan fingerprint density at radius 3 is 2.76 bits per heavy atom. The van der Waals surface area contributed by atoms with Gasteiger partial charge in [-0.15, -0.1) is 0 Å². The Hall–Kier alpha value is -1.18. The maximum absolute atomic E-state index is 12.9. The number of nitrogens with zero attached hydrogens (tertiary/aromatic N) is 1. The number of benzene rings is 1. The van der Waals surface area contributed by atoms with Gasteiger partial charge in [0.25, 0.3) is 0 Å². The standard InChI is InChI=1S/C11H9FINO3/c12-7-1-2-9(8(13)4-7)14-5-6(11(16)17)3-10(14)15/h1-2,4,6H,3,5H2,(H,16,17). The minimum Gasteiger partial charge on any atom is -0.481 e. The van der Waals surface area contributed by atoms with Crippen molar-refractivity contribution in [2.24, 2.45) is 5.92 Å². The van der Waals surface area contributed by atoms with Gasteiger partial charge in [-0.1, -0.05) is 0 Å². The first-order chi connectivity index (χ1) is 7.99. The molecule has 1 aliphatic rings. The monoisotopic (exact) mass is 349 g/mol. The van der Waals surface area contributed by atoms with E-state index in [4.69, 9.17) is 5.11 Å². The minimum atomic E-state index is -0.974. The number of halogens is 2. The van der Waals surface area contributed by atoms with E-state index in [1.165, 1.54) is 23.1 Å². The number of anilines is 1. The maximum Gasteiger partial charge on any atom is 0.308 e. The van der Waals surface area contributed by atoms with E-state index in [9.17, 15) is 14.0 Å². The smallest absolute Gasteiger partial charge is 0.308 e. The molecule has 0 aromatic heterocycles. The number of hydrogen-bond donors (Lipinski definition) is 1. The first-order valence-corrected chi connectivity index (χ1v) is 6.05. The van der Waals surface area contributed by atoms with E-state index in [1.807, 2.05) is 22.6 Å². The highest BCUT2D eigenvalue weighted by atomic mass is 127. The molecular weight excluding hydrogens is 340 g/mol. The van der Waals surface area contributed by atoms with Crippen molar-refractivity contribution >= 4 is 40.2 Å². The molecule has 0 bridgehead atoms. The van der Waals surface area contributed by atoms with E-state index >= 15 is 0 Å². The Morgan fingerprint density at radius 2 is 2.24 bits per heavy atom. The molecule has 0 spiro atoms. The Labute approximate surface area is 111 Å². The Bertz CT molecular complexity index is 492. The predicted molar refractivity (Wildman–Crippen MR) is 67.2 cm³/mol. The molecule has 4 nitrogen and oxygen atoms in total. The highest BCUT2D eigenvalue weighted by Crippen LogP contribution is 2.29. The van der Waals surface area contributed by atoms with Crippen LogP contribution in [0.15, 0.2) is 18.2 Å². The average molecular weight is 349 g/mol. The van der Waals surface area contributed by atoms with Crippen LogP contribution in [-0.4, -0.2) is 23.5 Å². The molecule has 1 aromatic carbocycles. The third-order valence-corrected chi connectivity index (χ3v) is 3.54. The van der Waals surface area contributed by atoms with Crippen molar-refractivity contribution in [1.29, 1.82) is 0 Å². The number of carbonyl (C=O) groups excluding carboxylic acids is 1. The zero-order valence-corrected chi connectivity index (χ0v) is 10.8. The lowest BCUT2D eigenvalue weighted by molar-refractivity contribution is -0.141. The van der Waals surface area contributed by atoms with Crippen molar-refractivity contribution in [2.45, 2.75) is 6.42 Å². The molecule has 1 aromatic rings. The summed E-state index contributed by atoms with van der Waals surface area (Å²) in [5.74, 6) is -2.26. The van der Waals surface area contributed by atoms with Crippen molar-refractivity contribution in [2.75, 3.05) is 11.4 Å². The predicted octanol–water partition coefficient (Wildman–Crippen LogP) is 1.87. The van der Waals surface area contributed by atoms with Crippen molar-refractivity contribution in [3.8, 4) is 0 Å². The van der Waals surface area contributed by atoms with E-state index in [-0.39, 0.29) is 24.7 Å². The molecule has 0 radical (unpaired) electrons. The first kappa shape index (κ1) is 12.3. The summed E-state index contributed by atoms with van der Waals surface area (Å²) in [5, 5.41) is 8.87. The van der Waals surface area contributed by atoms with Gasteiger partial charge in [0, 0.05) is 16.5 Å². The number of aliphatic carboxylic acids is 1. The number of hydrogen-bond acceptors (Lipinski definition) is 2. The summed E-state index contributed by atoms with van der Waals surface area (Å²) in [5.41, 5.74) is 0.570. The molecular formula is C11H9FINO3. The van der Waals surface area contributed by atoms with Gasteiger partial charge in [0.15, 0.2) is 0 Å². The van der Waals surface area contributed by atoms with Crippen LogP contribution in [0.25, 0.3) is 0 Å². The quantitative estimate of drug-likeness (QED) is 0.830. The maximum atomic E-state index is 12.9. The lowest BCUT2D eigenvalue weighted by Crippen LogP contribution is -2.26. The van der Waals surface area contributed by atoms with Crippen LogP contribution < -0.4 is 4.90 Å². The number of amides is 1. The summed E-state index contributed by atoms with van der Waals surface area (Å²) < 4.78 is 13.5. The van der Waals surface area contributed by atoms with E-state index < -0.39 is 11.9 Å². The SMILES string of the molecule is O=C(O)C1CC(=O)N(c2ccc(F)cc2I)C1. The topological polar surface area (TPSA) is 57.6 Å². The molecule has 1 amide bonds. The average Bonchev–Trinajstić information content (AvgIpc) is 2.61. The van der Waals surface area contributed by atoms with Gasteiger partial charge in [0.05, 0.1) is 11.6 Å². The number of carbonyl (C=O) groups is 2. The van der Waals surface area contributed by atoms with Crippen LogP contribution in [0.5, 0.6) is 0 Å². The Balaban J connectivity index is 2.29. The van der Waals surface area contributed by atoms with Crippen LogP contribution in [0.3, 0.4) is 0 Å². The Morgan fingerprint density at radius 1 is 1.53 bits per heavy atom. The molecule has 1 saturated heterocycles. The van der Waals surface area contributed by atoms with Gasteiger partial charge in [0.2, 0.25) is 5.91 Å². The van der Waals surface area contributed by atoms with E-state index in [1.54, 1.807) is 0 Å². The molecule has 1 fully saturated rings. The first-order valence-electron chi connectivity index (χ1n) is 4.97. The van der Waals surface area contributed by atoms with Crippen molar-refractivity contribution in [1.82, 2.24) is 0 Å². The van der Waals surface area contributed by atoms with Gasteiger partial charge in [-0.25, -0.2) is 4.39 Å². The van der Waals surface area contributed by atoms with Gasteiger partial charge in [0.1, 0.15) is 5.82 Å².